The second-order valence-corrected chi connectivity index (χ2v) is 10.9. The van der Waals surface area contributed by atoms with Crippen molar-refractivity contribution in [1.82, 2.24) is 4.31 Å². The van der Waals surface area contributed by atoms with Gasteiger partial charge in [0.15, 0.2) is 6.61 Å². The smallest absolute Gasteiger partial charge is 0.416 e. The van der Waals surface area contributed by atoms with Crippen molar-refractivity contribution in [2.24, 2.45) is 0 Å². The summed E-state index contributed by atoms with van der Waals surface area (Å²) in [7, 11) is -1.35. The summed E-state index contributed by atoms with van der Waals surface area (Å²) in [5.41, 5.74) is 0.464. The zero-order valence-electron chi connectivity index (χ0n) is 20.0. The lowest BCUT2D eigenvalue weighted by Crippen LogP contribution is -2.34. The lowest BCUT2D eigenvalue weighted by Gasteiger charge is -2.33. The van der Waals surface area contributed by atoms with Gasteiger partial charge in [-0.2, -0.15) is 17.5 Å². The van der Waals surface area contributed by atoms with Crippen molar-refractivity contribution in [2.45, 2.75) is 56.3 Å². The third-order valence-electron chi connectivity index (χ3n) is 6.30. The van der Waals surface area contributed by atoms with Crippen molar-refractivity contribution in [3.63, 3.8) is 0 Å². The standard InChI is InChI=1S/C24H29F3N2O5S/c1-15(2)28(3)17-11-16(24(25,26)27)12-18(13-17)35(32,33)29(4)21-9-5-8-20-19(21)7-6-10-22(20)34-14-23(30)31/h6-7,10-13,15,21H,5,8-9,14H2,1-4H3,(H,30,31). The van der Waals surface area contributed by atoms with Crippen molar-refractivity contribution in [3.8, 4) is 5.75 Å². The van der Waals surface area contributed by atoms with Crippen molar-refractivity contribution in [1.29, 1.82) is 0 Å². The molecular weight excluding hydrogens is 485 g/mol. The van der Waals surface area contributed by atoms with E-state index in [9.17, 15) is 26.4 Å². The number of rotatable bonds is 8. The maximum absolute atomic E-state index is 13.6. The van der Waals surface area contributed by atoms with Crippen LogP contribution in [0, 0.1) is 0 Å². The van der Waals surface area contributed by atoms with Gasteiger partial charge in [0.2, 0.25) is 10.0 Å². The molecule has 0 fully saturated rings. The summed E-state index contributed by atoms with van der Waals surface area (Å²) in [6.45, 7) is 3.05. The molecule has 0 heterocycles. The number of anilines is 1. The molecule has 1 aliphatic carbocycles. The SMILES string of the molecule is CC(C)N(C)c1cc(C(F)(F)F)cc(S(=O)(=O)N(C)C2CCCc3c(OCC(=O)O)cccc32)c1. The van der Waals surface area contributed by atoms with Gasteiger partial charge in [0.1, 0.15) is 5.75 Å². The molecule has 1 unspecified atom stereocenters. The largest absolute Gasteiger partial charge is 0.482 e. The molecule has 0 radical (unpaired) electrons. The first-order chi connectivity index (χ1) is 16.2. The zero-order chi connectivity index (χ0) is 26.1. The average Bonchev–Trinajstić information content (AvgIpc) is 2.80. The Hall–Kier alpha value is -2.79. The number of nitrogens with zero attached hydrogens (tertiary/aromatic N) is 2. The van der Waals surface area contributed by atoms with E-state index in [-0.39, 0.29) is 11.7 Å². The molecule has 0 aromatic heterocycles. The van der Waals surface area contributed by atoms with Gasteiger partial charge in [0.25, 0.3) is 0 Å². The van der Waals surface area contributed by atoms with E-state index in [4.69, 9.17) is 9.84 Å². The third kappa shape index (κ3) is 5.72. The topological polar surface area (TPSA) is 87.2 Å². The first-order valence-electron chi connectivity index (χ1n) is 11.1. The molecule has 11 heteroatoms. The van der Waals surface area contributed by atoms with E-state index >= 15 is 0 Å². The molecule has 0 saturated heterocycles. The maximum Gasteiger partial charge on any atom is 0.416 e. The summed E-state index contributed by atoms with van der Waals surface area (Å²) in [6.07, 6.45) is -3.08. The molecule has 1 atom stereocenters. The highest BCUT2D eigenvalue weighted by Gasteiger charge is 2.37. The third-order valence-corrected chi connectivity index (χ3v) is 8.14. The van der Waals surface area contributed by atoms with Crippen LogP contribution in [0.25, 0.3) is 0 Å². The van der Waals surface area contributed by atoms with E-state index in [1.807, 2.05) is 0 Å². The molecule has 1 N–H and O–H groups in total. The molecule has 0 bridgehead atoms. The van der Waals surface area contributed by atoms with Crippen LogP contribution in [0.5, 0.6) is 5.75 Å². The number of hydrogen-bond donors (Lipinski definition) is 1. The minimum atomic E-state index is -4.72. The van der Waals surface area contributed by atoms with Gasteiger partial charge in [-0.3, -0.25) is 0 Å². The van der Waals surface area contributed by atoms with Gasteiger partial charge < -0.3 is 14.7 Å². The average molecular weight is 515 g/mol. The molecule has 7 nitrogen and oxygen atoms in total. The Kier molecular flexibility index (Phi) is 7.71. The van der Waals surface area contributed by atoms with Gasteiger partial charge in [-0.05, 0) is 68.5 Å². The van der Waals surface area contributed by atoms with E-state index in [0.717, 1.165) is 10.4 Å². The first kappa shape index (κ1) is 26.8. The number of carboxylic acids is 1. The van der Waals surface area contributed by atoms with E-state index in [2.05, 4.69) is 0 Å². The fourth-order valence-electron chi connectivity index (χ4n) is 4.17. The van der Waals surface area contributed by atoms with Crippen LogP contribution in [0.2, 0.25) is 0 Å². The Morgan fingerprint density at radius 1 is 1.20 bits per heavy atom. The number of halogens is 3. The number of carboxylic acid groups (broad SMARTS) is 1. The Balaban J connectivity index is 2.05. The lowest BCUT2D eigenvalue weighted by molar-refractivity contribution is -0.139. The lowest BCUT2D eigenvalue weighted by atomic mass is 9.87. The Labute approximate surface area is 203 Å². The predicted octanol–water partition coefficient (Wildman–Crippen LogP) is 4.71. The number of fused-ring (bicyclic) bond motifs is 1. The molecule has 0 amide bonds. The normalized spacial score (nSPS) is 16.3. The number of carbonyl (C=O) groups is 1. The quantitative estimate of drug-likeness (QED) is 0.549. The van der Waals surface area contributed by atoms with Crippen LogP contribution < -0.4 is 9.64 Å². The van der Waals surface area contributed by atoms with Crippen LogP contribution in [0.4, 0.5) is 18.9 Å². The van der Waals surface area contributed by atoms with Gasteiger partial charge in [-0.25, -0.2) is 13.2 Å². The molecule has 2 aromatic rings. The molecule has 3 rings (SSSR count). The summed E-state index contributed by atoms with van der Waals surface area (Å²) in [5.74, 6) is -0.776. The van der Waals surface area contributed by atoms with Crippen molar-refractivity contribution in [2.75, 3.05) is 25.6 Å². The summed E-state index contributed by atoms with van der Waals surface area (Å²) in [5, 5.41) is 8.93. The number of aliphatic carboxylic acids is 1. The fourth-order valence-corrected chi connectivity index (χ4v) is 5.61. The summed E-state index contributed by atoms with van der Waals surface area (Å²) >= 11 is 0. The van der Waals surface area contributed by atoms with Crippen LogP contribution in [-0.4, -0.2) is 50.5 Å². The highest BCUT2D eigenvalue weighted by Crippen LogP contribution is 2.41. The molecule has 0 saturated carbocycles. The molecular formula is C24H29F3N2O5S. The number of alkyl halides is 3. The van der Waals surface area contributed by atoms with E-state index < -0.39 is 45.3 Å². The highest BCUT2D eigenvalue weighted by molar-refractivity contribution is 7.89. The van der Waals surface area contributed by atoms with Crippen molar-refractivity contribution >= 4 is 21.7 Å². The monoisotopic (exact) mass is 514 g/mol. The number of ether oxygens (including phenoxy) is 1. The molecule has 2 aromatic carbocycles. The second-order valence-electron chi connectivity index (χ2n) is 8.85. The van der Waals surface area contributed by atoms with Crippen LogP contribution in [-0.2, 0) is 27.4 Å². The fraction of sp³-hybridized carbons (Fsp3) is 0.458. The zero-order valence-corrected chi connectivity index (χ0v) is 20.8. The first-order valence-corrected chi connectivity index (χ1v) is 12.6. The highest BCUT2D eigenvalue weighted by atomic mass is 32.2. The van der Waals surface area contributed by atoms with Gasteiger partial charge in [0, 0.05) is 25.8 Å². The van der Waals surface area contributed by atoms with Gasteiger partial charge >= 0.3 is 12.1 Å². The second kappa shape index (κ2) is 10.1. The Bertz CT molecular complexity index is 1200. The minimum Gasteiger partial charge on any atom is -0.482 e. The van der Waals surface area contributed by atoms with Crippen LogP contribution in [0.3, 0.4) is 0 Å². The summed E-state index contributed by atoms with van der Waals surface area (Å²) in [4.78, 5) is 12.1. The Morgan fingerprint density at radius 3 is 2.49 bits per heavy atom. The predicted molar refractivity (Wildman–Crippen MR) is 125 cm³/mol. The van der Waals surface area contributed by atoms with E-state index in [1.165, 1.54) is 13.1 Å². The van der Waals surface area contributed by atoms with Crippen LogP contribution in [0.15, 0.2) is 41.3 Å². The molecule has 1 aliphatic rings. The van der Waals surface area contributed by atoms with E-state index in [0.29, 0.717) is 42.2 Å². The van der Waals surface area contributed by atoms with Crippen LogP contribution >= 0.6 is 0 Å². The number of hydrogen-bond acceptors (Lipinski definition) is 5. The van der Waals surface area contributed by atoms with Gasteiger partial charge in [0.05, 0.1) is 16.5 Å². The maximum atomic E-state index is 13.6. The van der Waals surface area contributed by atoms with E-state index in [1.54, 1.807) is 44.0 Å². The molecule has 0 spiro atoms. The van der Waals surface area contributed by atoms with Gasteiger partial charge in [-0.15, -0.1) is 0 Å². The summed E-state index contributed by atoms with van der Waals surface area (Å²) < 4.78 is 74.6. The molecule has 192 valence electrons. The van der Waals surface area contributed by atoms with Crippen molar-refractivity contribution < 1.29 is 36.2 Å². The minimum absolute atomic E-state index is 0.148. The molecule has 0 aliphatic heterocycles. The summed E-state index contributed by atoms with van der Waals surface area (Å²) in [6, 6.07) is 7.09. The van der Waals surface area contributed by atoms with Crippen molar-refractivity contribution in [3.05, 3.63) is 53.1 Å². The number of benzene rings is 2. The Morgan fingerprint density at radius 2 is 1.89 bits per heavy atom. The van der Waals surface area contributed by atoms with Crippen LogP contribution in [0.1, 0.15) is 49.4 Å². The number of sulfonamides is 1. The van der Waals surface area contributed by atoms with Gasteiger partial charge in [-0.1, -0.05) is 12.1 Å². The molecule has 35 heavy (non-hydrogen) atoms.